The largest absolute Gasteiger partial charge is 0.278 e. The van der Waals surface area contributed by atoms with Gasteiger partial charge in [0.1, 0.15) is 0 Å². The highest BCUT2D eigenvalue weighted by atomic mass is 19.3. The number of aryl methyl sites for hydroxylation is 1. The highest BCUT2D eigenvalue weighted by molar-refractivity contribution is 5.64. The number of aromatic amines is 1. The maximum absolute atomic E-state index is 13.2. The van der Waals surface area contributed by atoms with Gasteiger partial charge in [0, 0.05) is 24.2 Å². The van der Waals surface area contributed by atoms with E-state index in [1.54, 1.807) is 18.3 Å². The van der Waals surface area contributed by atoms with E-state index in [4.69, 9.17) is 0 Å². The SMILES string of the molecule is Cc1ccc(C(C)(F)F)cc1-c1ccn[nH]1. The van der Waals surface area contributed by atoms with Crippen LogP contribution in [-0.4, -0.2) is 10.2 Å². The summed E-state index contributed by atoms with van der Waals surface area (Å²) in [6.07, 6.45) is 1.60. The predicted molar refractivity (Wildman–Crippen MR) is 58.3 cm³/mol. The van der Waals surface area contributed by atoms with Gasteiger partial charge in [0.05, 0.1) is 5.69 Å². The summed E-state index contributed by atoms with van der Waals surface area (Å²) in [5.74, 6) is -2.82. The molecule has 0 saturated heterocycles. The van der Waals surface area contributed by atoms with Gasteiger partial charge >= 0.3 is 0 Å². The van der Waals surface area contributed by atoms with Crippen LogP contribution in [0.25, 0.3) is 11.3 Å². The van der Waals surface area contributed by atoms with Gasteiger partial charge in [0.25, 0.3) is 5.92 Å². The first-order valence-corrected chi connectivity index (χ1v) is 4.97. The molecule has 0 radical (unpaired) electrons. The van der Waals surface area contributed by atoms with Crippen molar-refractivity contribution in [1.29, 1.82) is 0 Å². The molecular weight excluding hydrogens is 210 g/mol. The van der Waals surface area contributed by atoms with Crippen molar-refractivity contribution in [1.82, 2.24) is 10.2 Å². The average Bonchev–Trinajstić information content (AvgIpc) is 2.69. The monoisotopic (exact) mass is 222 g/mol. The molecule has 2 nitrogen and oxygen atoms in total. The molecule has 1 heterocycles. The normalized spacial score (nSPS) is 11.8. The molecule has 1 N–H and O–H groups in total. The molecule has 2 aromatic rings. The van der Waals surface area contributed by atoms with Crippen LogP contribution in [0.2, 0.25) is 0 Å². The number of alkyl halides is 2. The van der Waals surface area contributed by atoms with E-state index in [0.717, 1.165) is 23.7 Å². The summed E-state index contributed by atoms with van der Waals surface area (Å²) in [7, 11) is 0. The molecule has 84 valence electrons. The van der Waals surface area contributed by atoms with Gasteiger partial charge in [-0.25, -0.2) is 8.78 Å². The molecule has 0 spiro atoms. The van der Waals surface area contributed by atoms with Crippen LogP contribution in [0.3, 0.4) is 0 Å². The molecule has 0 aliphatic carbocycles. The Morgan fingerprint density at radius 2 is 2.00 bits per heavy atom. The van der Waals surface area contributed by atoms with Crippen molar-refractivity contribution in [2.45, 2.75) is 19.8 Å². The summed E-state index contributed by atoms with van der Waals surface area (Å²) >= 11 is 0. The van der Waals surface area contributed by atoms with Gasteiger partial charge < -0.3 is 0 Å². The fourth-order valence-electron chi connectivity index (χ4n) is 1.59. The maximum atomic E-state index is 13.2. The lowest BCUT2D eigenvalue weighted by atomic mass is 10.00. The van der Waals surface area contributed by atoms with Crippen LogP contribution in [0, 0.1) is 6.92 Å². The van der Waals surface area contributed by atoms with E-state index >= 15 is 0 Å². The summed E-state index contributed by atoms with van der Waals surface area (Å²) < 4.78 is 26.4. The lowest BCUT2D eigenvalue weighted by Crippen LogP contribution is -2.07. The van der Waals surface area contributed by atoms with Crippen molar-refractivity contribution in [3.8, 4) is 11.3 Å². The van der Waals surface area contributed by atoms with E-state index in [1.165, 1.54) is 12.1 Å². The highest BCUT2D eigenvalue weighted by Crippen LogP contribution is 2.31. The van der Waals surface area contributed by atoms with Crippen LogP contribution in [0.4, 0.5) is 8.78 Å². The molecule has 2 rings (SSSR count). The smallest absolute Gasteiger partial charge is 0.270 e. The molecule has 0 amide bonds. The second-order valence-electron chi connectivity index (χ2n) is 3.89. The molecule has 1 aromatic carbocycles. The molecule has 0 aliphatic heterocycles. The first kappa shape index (κ1) is 10.8. The molecule has 0 unspecified atom stereocenters. The zero-order chi connectivity index (χ0) is 11.8. The summed E-state index contributed by atoms with van der Waals surface area (Å²) in [4.78, 5) is 0. The van der Waals surface area contributed by atoms with E-state index in [9.17, 15) is 8.78 Å². The van der Waals surface area contributed by atoms with E-state index in [1.807, 2.05) is 6.92 Å². The van der Waals surface area contributed by atoms with Gasteiger partial charge in [-0.3, -0.25) is 5.10 Å². The Balaban J connectivity index is 2.54. The molecular formula is C12H12F2N2. The number of halogens is 2. The zero-order valence-electron chi connectivity index (χ0n) is 9.09. The number of hydrogen-bond acceptors (Lipinski definition) is 1. The Morgan fingerprint density at radius 3 is 2.56 bits per heavy atom. The summed E-state index contributed by atoms with van der Waals surface area (Å²) in [6.45, 7) is 2.78. The minimum absolute atomic E-state index is 0.0164. The summed E-state index contributed by atoms with van der Waals surface area (Å²) in [6, 6.07) is 6.42. The van der Waals surface area contributed by atoms with Gasteiger partial charge in [-0.2, -0.15) is 5.10 Å². The Morgan fingerprint density at radius 1 is 1.25 bits per heavy atom. The maximum Gasteiger partial charge on any atom is 0.270 e. The third-order valence-corrected chi connectivity index (χ3v) is 2.54. The average molecular weight is 222 g/mol. The van der Waals surface area contributed by atoms with Crippen molar-refractivity contribution >= 4 is 0 Å². The van der Waals surface area contributed by atoms with E-state index in [2.05, 4.69) is 10.2 Å². The molecule has 0 bridgehead atoms. The first-order valence-electron chi connectivity index (χ1n) is 4.97. The van der Waals surface area contributed by atoms with Gasteiger partial charge in [-0.05, 0) is 24.6 Å². The second-order valence-corrected chi connectivity index (χ2v) is 3.89. The van der Waals surface area contributed by atoms with Gasteiger partial charge in [0.15, 0.2) is 0 Å². The van der Waals surface area contributed by atoms with Crippen LogP contribution in [0.1, 0.15) is 18.1 Å². The number of aromatic nitrogens is 2. The molecule has 0 fully saturated rings. The van der Waals surface area contributed by atoms with Gasteiger partial charge in [-0.1, -0.05) is 12.1 Å². The Labute approximate surface area is 92.3 Å². The standard InChI is InChI=1S/C12H12F2N2/c1-8-3-4-9(12(2,13)14)7-10(8)11-5-6-15-16-11/h3-7H,1-2H3,(H,15,16). The topological polar surface area (TPSA) is 28.7 Å². The van der Waals surface area contributed by atoms with Crippen LogP contribution < -0.4 is 0 Å². The Hall–Kier alpha value is -1.71. The van der Waals surface area contributed by atoms with Crippen molar-refractivity contribution in [2.75, 3.05) is 0 Å². The molecule has 0 atom stereocenters. The van der Waals surface area contributed by atoms with E-state index in [-0.39, 0.29) is 5.56 Å². The number of benzene rings is 1. The fourth-order valence-corrected chi connectivity index (χ4v) is 1.59. The number of nitrogens with one attached hydrogen (secondary N) is 1. The van der Waals surface area contributed by atoms with Gasteiger partial charge in [-0.15, -0.1) is 0 Å². The lowest BCUT2D eigenvalue weighted by molar-refractivity contribution is 0.0175. The number of H-pyrrole nitrogens is 1. The lowest BCUT2D eigenvalue weighted by Gasteiger charge is -2.13. The van der Waals surface area contributed by atoms with Crippen LogP contribution >= 0.6 is 0 Å². The van der Waals surface area contributed by atoms with Crippen molar-refractivity contribution in [3.63, 3.8) is 0 Å². The Kier molecular flexibility index (Phi) is 2.50. The van der Waals surface area contributed by atoms with Crippen molar-refractivity contribution in [2.24, 2.45) is 0 Å². The highest BCUT2D eigenvalue weighted by Gasteiger charge is 2.24. The third-order valence-electron chi connectivity index (χ3n) is 2.54. The second kappa shape index (κ2) is 3.70. The Bertz CT molecular complexity index is 484. The van der Waals surface area contributed by atoms with Crippen LogP contribution in [-0.2, 0) is 5.92 Å². The predicted octanol–water partition coefficient (Wildman–Crippen LogP) is 3.50. The molecule has 1 aromatic heterocycles. The van der Waals surface area contributed by atoms with Crippen molar-refractivity contribution in [3.05, 3.63) is 41.6 Å². The minimum atomic E-state index is -2.82. The van der Waals surface area contributed by atoms with Crippen LogP contribution in [0.5, 0.6) is 0 Å². The van der Waals surface area contributed by atoms with E-state index < -0.39 is 5.92 Å². The number of nitrogens with zero attached hydrogens (tertiary/aromatic N) is 1. The molecule has 4 heteroatoms. The molecule has 0 aliphatic rings. The minimum Gasteiger partial charge on any atom is -0.278 e. The molecule has 16 heavy (non-hydrogen) atoms. The number of hydrogen-bond donors (Lipinski definition) is 1. The fraction of sp³-hybridized carbons (Fsp3) is 0.250. The van der Waals surface area contributed by atoms with Crippen molar-refractivity contribution < 1.29 is 8.78 Å². The third kappa shape index (κ3) is 1.96. The first-order chi connectivity index (χ1) is 7.48. The summed E-state index contributed by atoms with van der Waals surface area (Å²) in [5.41, 5.74) is 2.47. The zero-order valence-corrected chi connectivity index (χ0v) is 9.09. The van der Waals surface area contributed by atoms with Crippen LogP contribution in [0.15, 0.2) is 30.5 Å². The summed E-state index contributed by atoms with van der Waals surface area (Å²) in [5, 5.41) is 6.60. The quantitative estimate of drug-likeness (QED) is 0.827. The van der Waals surface area contributed by atoms with Gasteiger partial charge in [0.2, 0.25) is 0 Å². The van der Waals surface area contributed by atoms with E-state index in [0.29, 0.717) is 0 Å². The number of rotatable bonds is 2. The molecule has 0 saturated carbocycles.